The van der Waals surface area contributed by atoms with Crippen molar-refractivity contribution >= 4 is 18.2 Å². The Kier molecular flexibility index (Phi) is 2.92. The number of nitrogens with zero attached hydrogens (tertiary/aromatic N) is 3. The lowest BCUT2D eigenvalue weighted by atomic mass is 10.4. The molecule has 66 valence electrons. The molecule has 0 saturated heterocycles. The Morgan fingerprint density at radius 1 is 1.83 bits per heavy atom. The second-order valence-corrected chi connectivity index (χ2v) is 2.43. The van der Waals surface area contributed by atoms with Crippen LogP contribution in [-0.2, 0) is 16.1 Å². The zero-order valence-electron chi connectivity index (χ0n) is 6.48. The molecule has 0 unspecified atom stereocenters. The van der Waals surface area contributed by atoms with Crippen molar-refractivity contribution in [1.29, 1.82) is 0 Å². The molecule has 0 atom stereocenters. The van der Waals surface area contributed by atoms with Gasteiger partial charge in [-0.25, -0.2) is 4.68 Å². The summed E-state index contributed by atoms with van der Waals surface area (Å²) in [6.45, 7) is 0.415. The number of tetrazole rings is 1. The largest absolute Gasteiger partial charge is 0.469 e. The number of nitrogens with one attached hydrogen (secondary N) is 1. The number of carbonyl (C=O) groups excluding carboxylic acids is 1. The molecule has 12 heavy (non-hydrogen) atoms. The van der Waals surface area contributed by atoms with Crippen LogP contribution in [-0.4, -0.2) is 33.3 Å². The fraction of sp³-hybridized carbons (Fsp3) is 0.600. The van der Waals surface area contributed by atoms with Crippen LogP contribution in [0.3, 0.4) is 0 Å². The van der Waals surface area contributed by atoms with Crippen LogP contribution in [0.15, 0.2) is 0 Å². The van der Waals surface area contributed by atoms with E-state index in [1.807, 2.05) is 0 Å². The number of aryl methyl sites for hydroxylation is 1. The SMILES string of the molecule is COC(=O)CCn1[nH]nnc1=S. The number of aromatic amines is 1. The van der Waals surface area contributed by atoms with Gasteiger partial charge in [0.1, 0.15) is 0 Å². The zero-order chi connectivity index (χ0) is 8.97. The van der Waals surface area contributed by atoms with E-state index in [0.29, 0.717) is 11.3 Å². The second kappa shape index (κ2) is 3.96. The quantitative estimate of drug-likeness (QED) is 0.529. The van der Waals surface area contributed by atoms with E-state index in [4.69, 9.17) is 12.2 Å². The Bertz CT molecular complexity index is 317. The minimum absolute atomic E-state index is 0.259. The van der Waals surface area contributed by atoms with Gasteiger partial charge in [0.05, 0.1) is 20.1 Å². The molecular weight excluding hydrogens is 180 g/mol. The number of hydrogen-bond acceptors (Lipinski definition) is 5. The van der Waals surface area contributed by atoms with E-state index in [1.165, 1.54) is 11.8 Å². The number of methoxy groups -OCH3 is 1. The van der Waals surface area contributed by atoms with Crippen LogP contribution in [0.25, 0.3) is 0 Å². The fourth-order valence-corrected chi connectivity index (χ4v) is 0.840. The molecule has 1 N–H and O–H groups in total. The number of aromatic nitrogens is 4. The van der Waals surface area contributed by atoms with Crippen LogP contribution < -0.4 is 0 Å². The van der Waals surface area contributed by atoms with E-state index in [9.17, 15) is 4.79 Å². The van der Waals surface area contributed by atoms with Gasteiger partial charge in [0.2, 0.25) is 4.77 Å². The van der Waals surface area contributed by atoms with E-state index in [1.54, 1.807) is 0 Å². The summed E-state index contributed by atoms with van der Waals surface area (Å²) in [6.07, 6.45) is 0.259. The molecule has 0 aliphatic heterocycles. The molecule has 1 rings (SSSR count). The van der Waals surface area contributed by atoms with Crippen molar-refractivity contribution in [1.82, 2.24) is 20.2 Å². The number of esters is 1. The molecule has 0 aliphatic carbocycles. The van der Waals surface area contributed by atoms with Gasteiger partial charge in [0.15, 0.2) is 0 Å². The number of rotatable bonds is 3. The molecule has 0 radical (unpaired) electrons. The van der Waals surface area contributed by atoms with Gasteiger partial charge in [-0.2, -0.15) is 5.21 Å². The summed E-state index contributed by atoms with van der Waals surface area (Å²) in [5.74, 6) is -0.286. The predicted octanol–water partition coefficient (Wildman–Crippen LogP) is -0.101. The molecule has 0 aromatic carbocycles. The van der Waals surface area contributed by atoms with Crippen molar-refractivity contribution in [2.75, 3.05) is 7.11 Å². The number of hydrogen-bond donors (Lipinski definition) is 1. The van der Waals surface area contributed by atoms with Gasteiger partial charge in [0, 0.05) is 0 Å². The molecular formula is C5H8N4O2S. The van der Waals surface area contributed by atoms with Crippen LogP contribution in [0, 0.1) is 4.77 Å². The van der Waals surface area contributed by atoms with E-state index in [-0.39, 0.29) is 12.4 Å². The molecule has 1 aromatic rings. The zero-order valence-corrected chi connectivity index (χ0v) is 7.30. The van der Waals surface area contributed by atoms with E-state index < -0.39 is 0 Å². The summed E-state index contributed by atoms with van der Waals surface area (Å²) in [6, 6.07) is 0. The maximum Gasteiger partial charge on any atom is 0.307 e. The van der Waals surface area contributed by atoms with Crippen molar-refractivity contribution in [2.24, 2.45) is 0 Å². The molecule has 1 aromatic heterocycles. The van der Waals surface area contributed by atoms with Crippen molar-refractivity contribution < 1.29 is 9.53 Å². The Morgan fingerprint density at radius 2 is 2.58 bits per heavy atom. The molecule has 0 amide bonds. The smallest absolute Gasteiger partial charge is 0.307 e. The lowest BCUT2D eigenvalue weighted by Gasteiger charge is -1.98. The van der Waals surface area contributed by atoms with Crippen molar-refractivity contribution in [3.8, 4) is 0 Å². The van der Waals surface area contributed by atoms with Gasteiger partial charge in [-0.3, -0.25) is 4.79 Å². The van der Waals surface area contributed by atoms with Crippen LogP contribution in [0.2, 0.25) is 0 Å². The molecule has 0 spiro atoms. The number of H-pyrrole nitrogens is 1. The minimum atomic E-state index is -0.286. The summed E-state index contributed by atoms with van der Waals surface area (Å²) in [5, 5.41) is 9.53. The highest BCUT2D eigenvalue weighted by molar-refractivity contribution is 7.71. The van der Waals surface area contributed by atoms with Gasteiger partial charge in [0.25, 0.3) is 0 Å². The van der Waals surface area contributed by atoms with Crippen molar-refractivity contribution in [3.63, 3.8) is 0 Å². The fourth-order valence-electron chi connectivity index (χ4n) is 0.667. The maximum atomic E-state index is 10.7. The van der Waals surface area contributed by atoms with Gasteiger partial charge in [-0.1, -0.05) is 10.3 Å². The van der Waals surface area contributed by atoms with E-state index >= 15 is 0 Å². The second-order valence-electron chi connectivity index (χ2n) is 2.06. The Labute approximate surface area is 73.5 Å². The first-order valence-corrected chi connectivity index (χ1v) is 3.69. The van der Waals surface area contributed by atoms with Crippen LogP contribution >= 0.6 is 12.2 Å². The highest BCUT2D eigenvalue weighted by Gasteiger charge is 2.01. The summed E-state index contributed by atoms with van der Waals surface area (Å²) in [4.78, 5) is 10.7. The first-order chi connectivity index (χ1) is 5.74. The Hall–Kier alpha value is -1.24. The first-order valence-electron chi connectivity index (χ1n) is 3.28. The minimum Gasteiger partial charge on any atom is -0.469 e. The van der Waals surface area contributed by atoms with E-state index in [0.717, 1.165) is 0 Å². The molecule has 7 heteroatoms. The van der Waals surface area contributed by atoms with Gasteiger partial charge in [-0.05, 0) is 12.2 Å². The molecule has 6 nitrogen and oxygen atoms in total. The standard InChI is InChI=1S/C5H8N4O2S/c1-11-4(10)2-3-9-5(12)6-7-8-9/h2-3H2,1H3,(H,6,8,12). The first kappa shape index (κ1) is 8.85. The Balaban J connectivity index is 2.49. The monoisotopic (exact) mass is 188 g/mol. The van der Waals surface area contributed by atoms with E-state index in [2.05, 4.69) is 20.3 Å². The lowest BCUT2D eigenvalue weighted by molar-refractivity contribution is -0.140. The molecule has 0 bridgehead atoms. The van der Waals surface area contributed by atoms with Crippen LogP contribution in [0.4, 0.5) is 0 Å². The summed E-state index contributed by atoms with van der Waals surface area (Å²) < 4.78 is 6.27. The summed E-state index contributed by atoms with van der Waals surface area (Å²) in [7, 11) is 1.34. The van der Waals surface area contributed by atoms with Crippen molar-refractivity contribution in [2.45, 2.75) is 13.0 Å². The normalized spacial score (nSPS) is 9.75. The third-order valence-electron chi connectivity index (χ3n) is 1.30. The molecule has 0 saturated carbocycles. The average Bonchev–Trinajstić information content (AvgIpc) is 2.47. The average molecular weight is 188 g/mol. The van der Waals surface area contributed by atoms with Gasteiger partial charge >= 0.3 is 5.97 Å². The van der Waals surface area contributed by atoms with Gasteiger partial charge < -0.3 is 4.74 Å². The maximum absolute atomic E-state index is 10.7. The molecule has 0 aliphatic rings. The molecule has 0 fully saturated rings. The van der Waals surface area contributed by atoms with Gasteiger partial charge in [-0.15, -0.1) is 0 Å². The topological polar surface area (TPSA) is 72.8 Å². The molecule has 1 heterocycles. The lowest BCUT2D eigenvalue weighted by Crippen LogP contribution is -2.08. The summed E-state index contributed by atoms with van der Waals surface area (Å²) in [5.41, 5.74) is 0. The number of carbonyl (C=O) groups is 1. The van der Waals surface area contributed by atoms with Crippen LogP contribution in [0.5, 0.6) is 0 Å². The van der Waals surface area contributed by atoms with Crippen molar-refractivity contribution in [3.05, 3.63) is 4.77 Å². The third-order valence-corrected chi connectivity index (χ3v) is 1.60. The third kappa shape index (κ3) is 2.12. The highest BCUT2D eigenvalue weighted by Crippen LogP contribution is 1.90. The summed E-state index contributed by atoms with van der Waals surface area (Å²) >= 11 is 4.78. The number of ether oxygens (including phenoxy) is 1. The van der Waals surface area contributed by atoms with Crippen LogP contribution in [0.1, 0.15) is 6.42 Å². The predicted molar refractivity (Wildman–Crippen MR) is 41.8 cm³/mol. The Morgan fingerprint density at radius 3 is 3.08 bits per heavy atom. The highest BCUT2D eigenvalue weighted by atomic mass is 32.1.